The highest BCUT2D eigenvalue weighted by atomic mass is 32.2. The van der Waals surface area contributed by atoms with E-state index in [2.05, 4.69) is 4.98 Å². The Morgan fingerprint density at radius 3 is 2.17 bits per heavy atom. The van der Waals surface area contributed by atoms with Crippen LogP contribution in [-0.2, 0) is 0 Å². The van der Waals surface area contributed by atoms with Crippen molar-refractivity contribution in [1.29, 1.82) is 0 Å². The number of aromatic nitrogens is 3. The van der Waals surface area contributed by atoms with Gasteiger partial charge in [-0.1, -0.05) is 60.7 Å². The minimum absolute atomic E-state index is 0.0647. The van der Waals surface area contributed by atoms with Crippen LogP contribution in [0.1, 0.15) is 11.1 Å². The smallest absolute Gasteiger partial charge is 0.224 e. The molecular weight excluding hydrogens is 463 g/mol. The third kappa shape index (κ3) is 4.36. The van der Waals surface area contributed by atoms with E-state index in [0.29, 0.717) is 34.2 Å². The van der Waals surface area contributed by atoms with Gasteiger partial charge in [0.25, 0.3) is 0 Å². The number of fused-ring (bicyclic) bond motifs is 1. The normalized spacial score (nSPS) is 10.8. The maximum atomic E-state index is 14.0. The van der Waals surface area contributed by atoms with Crippen LogP contribution < -0.4 is 9.47 Å². The Hall–Kier alpha value is -4.17. The molecule has 0 aliphatic rings. The van der Waals surface area contributed by atoms with Crippen molar-refractivity contribution in [3.63, 3.8) is 0 Å². The molecular formula is C27H21FN4O2S. The van der Waals surface area contributed by atoms with Crippen molar-refractivity contribution in [2.24, 2.45) is 4.99 Å². The second kappa shape index (κ2) is 9.99. The van der Waals surface area contributed by atoms with Crippen molar-refractivity contribution in [1.82, 2.24) is 13.9 Å². The molecule has 35 heavy (non-hydrogen) atoms. The third-order valence-corrected chi connectivity index (χ3v) is 5.99. The molecule has 0 bridgehead atoms. The number of ether oxygens (including phenoxy) is 2. The Kier molecular flexibility index (Phi) is 6.45. The van der Waals surface area contributed by atoms with Gasteiger partial charge in [0.2, 0.25) is 5.88 Å². The molecule has 0 saturated heterocycles. The van der Waals surface area contributed by atoms with Gasteiger partial charge in [0.15, 0.2) is 23.8 Å². The molecule has 0 aliphatic carbocycles. The number of halogens is 1. The monoisotopic (exact) mass is 484 g/mol. The van der Waals surface area contributed by atoms with Gasteiger partial charge < -0.3 is 9.47 Å². The van der Waals surface area contributed by atoms with Crippen molar-refractivity contribution >= 4 is 34.9 Å². The molecule has 8 heteroatoms. The highest BCUT2D eigenvalue weighted by Gasteiger charge is 2.21. The summed E-state index contributed by atoms with van der Waals surface area (Å²) in [6.45, 7) is 0. The summed E-state index contributed by atoms with van der Waals surface area (Å²) < 4.78 is 26.4. The van der Waals surface area contributed by atoms with Crippen LogP contribution in [0.5, 0.6) is 11.6 Å². The van der Waals surface area contributed by atoms with E-state index in [0.717, 1.165) is 22.2 Å². The molecule has 3 heterocycles. The fourth-order valence-corrected chi connectivity index (χ4v) is 4.33. The van der Waals surface area contributed by atoms with E-state index in [1.54, 1.807) is 25.6 Å². The van der Waals surface area contributed by atoms with Crippen LogP contribution in [0.25, 0.3) is 22.2 Å². The summed E-state index contributed by atoms with van der Waals surface area (Å²) in [7, 11) is 3.11. The fourth-order valence-electron chi connectivity index (χ4n) is 3.98. The maximum Gasteiger partial charge on any atom is 0.224 e. The van der Waals surface area contributed by atoms with E-state index in [1.165, 1.54) is 11.1 Å². The first-order valence-electron chi connectivity index (χ1n) is 10.8. The summed E-state index contributed by atoms with van der Waals surface area (Å²) in [6, 6.07) is 25.2. The van der Waals surface area contributed by atoms with E-state index in [9.17, 15) is 3.89 Å². The van der Waals surface area contributed by atoms with Crippen molar-refractivity contribution < 1.29 is 13.4 Å². The lowest BCUT2D eigenvalue weighted by Crippen LogP contribution is -2.02. The molecule has 5 aromatic rings. The van der Waals surface area contributed by atoms with E-state index in [-0.39, 0.29) is 12.3 Å². The standard InChI is InChI=1S/C27H21FN4O2S/c1-33-22-15-16-29-27(34-2)24(22)21-17-32(35-28)26-20(21)13-14-23(31-26)30-25(18-9-5-3-6-10-18)19-11-7-4-8-12-19/h3-17H,1-2H3. The second-order valence-corrected chi connectivity index (χ2v) is 8.10. The lowest BCUT2D eigenvalue weighted by Gasteiger charge is -2.11. The van der Waals surface area contributed by atoms with Gasteiger partial charge in [-0.05, 0) is 18.2 Å². The number of rotatable bonds is 7. The number of hydrogen-bond acceptors (Lipinski definition) is 6. The molecule has 0 saturated carbocycles. The number of pyridine rings is 2. The lowest BCUT2D eigenvalue weighted by atomic mass is 10.0. The summed E-state index contributed by atoms with van der Waals surface area (Å²) in [5.74, 6) is 1.41. The Bertz CT molecular complexity index is 1440. The van der Waals surface area contributed by atoms with Gasteiger partial charge >= 0.3 is 0 Å². The number of hydrogen-bond donors (Lipinski definition) is 0. The van der Waals surface area contributed by atoms with Crippen molar-refractivity contribution in [3.05, 3.63) is 102 Å². The minimum atomic E-state index is 0.0647. The Morgan fingerprint density at radius 2 is 1.57 bits per heavy atom. The van der Waals surface area contributed by atoms with Gasteiger partial charge in [0, 0.05) is 34.5 Å². The third-order valence-electron chi connectivity index (χ3n) is 5.56. The van der Waals surface area contributed by atoms with Crippen LogP contribution in [0.3, 0.4) is 0 Å². The zero-order valence-electron chi connectivity index (χ0n) is 19.1. The molecule has 0 N–H and O–H groups in total. The SMILES string of the molecule is COc1ccnc(OC)c1-c1cn(SF)c2nc(N=C(c3ccccc3)c3ccccc3)ccc12. The van der Waals surface area contributed by atoms with Crippen molar-refractivity contribution in [2.45, 2.75) is 0 Å². The van der Waals surface area contributed by atoms with E-state index in [1.807, 2.05) is 72.8 Å². The average molecular weight is 485 g/mol. The molecule has 0 fully saturated rings. The molecule has 6 nitrogen and oxygen atoms in total. The van der Waals surface area contributed by atoms with Crippen LogP contribution in [0, 0.1) is 0 Å². The van der Waals surface area contributed by atoms with Gasteiger partial charge in [-0.25, -0.2) is 18.9 Å². The summed E-state index contributed by atoms with van der Waals surface area (Å²) in [5.41, 5.74) is 4.45. The van der Waals surface area contributed by atoms with Gasteiger partial charge in [-0.15, -0.1) is 3.89 Å². The summed E-state index contributed by atoms with van der Waals surface area (Å²) >= 11 is 0.0647. The summed E-state index contributed by atoms with van der Waals surface area (Å²) in [6.07, 6.45) is 3.26. The van der Waals surface area contributed by atoms with E-state index >= 15 is 0 Å². The molecule has 0 spiro atoms. The number of benzene rings is 2. The topological polar surface area (TPSA) is 61.5 Å². The van der Waals surface area contributed by atoms with E-state index < -0.39 is 0 Å². The van der Waals surface area contributed by atoms with Crippen LogP contribution in [0.4, 0.5) is 9.70 Å². The van der Waals surface area contributed by atoms with E-state index in [4.69, 9.17) is 19.5 Å². The Labute approximate surface area is 206 Å². The van der Waals surface area contributed by atoms with Crippen LogP contribution >= 0.6 is 12.3 Å². The van der Waals surface area contributed by atoms with Crippen molar-refractivity contribution in [2.75, 3.05) is 14.2 Å². The molecule has 0 radical (unpaired) electrons. The predicted molar refractivity (Wildman–Crippen MR) is 138 cm³/mol. The van der Waals surface area contributed by atoms with Crippen LogP contribution in [0.2, 0.25) is 0 Å². The predicted octanol–water partition coefficient (Wildman–Crippen LogP) is 6.67. The maximum absolute atomic E-state index is 14.0. The van der Waals surface area contributed by atoms with Crippen LogP contribution in [-0.4, -0.2) is 33.9 Å². The highest BCUT2D eigenvalue weighted by molar-refractivity contribution is 7.92. The zero-order chi connectivity index (χ0) is 24.2. The first kappa shape index (κ1) is 22.6. The zero-order valence-corrected chi connectivity index (χ0v) is 19.9. The molecule has 5 rings (SSSR count). The van der Waals surface area contributed by atoms with Crippen molar-refractivity contribution in [3.8, 4) is 22.8 Å². The average Bonchev–Trinajstić information content (AvgIpc) is 3.29. The second-order valence-electron chi connectivity index (χ2n) is 7.57. The fraction of sp³-hybridized carbons (Fsp3) is 0.0741. The Balaban J connectivity index is 1.69. The lowest BCUT2D eigenvalue weighted by molar-refractivity contribution is 0.385. The summed E-state index contributed by atoms with van der Waals surface area (Å²) in [5, 5.41) is 0.722. The largest absolute Gasteiger partial charge is 0.496 e. The molecule has 0 atom stereocenters. The van der Waals surface area contributed by atoms with Crippen LogP contribution in [0.15, 0.2) is 96.2 Å². The molecule has 3 aromatic heterocycles. The minimum Gasteiger partial charge on any atom is -0.496 e. The van der Waals surface area contributed by atoms with Gasteiger partial charge in [-0.2, -0.15) is 0 Å². The molecule has 174 valence electrons. The number of aliphatic imine (C=N–C) groups is 1. The number of methoxy groups -OCH3 is 2. The quantitative estimate of drug-likeness (QED) is 0.242. The molecule has 0 amide bonds. The van der Waals surface area contributed by atoms with Gasteiger partial charge in [-0.3, -0.25) is 0 Å². The first-order chi connectivity index (χ1) is 17.2. The highest BCUT2D eigenvalue weighted by Crippen LogP contribution is 2.42. The van der Waals surface area contributed by atoms with Gasteiger partial charge in [0.05, 0.1) is 25.5 Å². The Morgan fingerprint density at radius 1 is 0.886 bits per heavy atom. The number of nitrogens with zero attached hydrogens (tertiary/aromatic N) is 4. The molecule has 0 aliphatic heterocycles. The molecule has 0 unspecified atom stereocenters. The van der Waals surface area contributed by atoms with Gasteiger partial charge in [0.1, 0.15) is 5.75 Å². The molecule has 2 aromatic carbocycles. The first-order valence-corrected chi connectivity index (χ1v) is 11.5. The summed E-state index contributed by atoms with van der Waals surface area (Å²) in [4.78, 5) is 13.9.